The number of rotatable bonds is 4. The van der Waals surface area contributed by atoms with E-state index >= 15 is 0 Å². The maximum absolute atomic E-state index is 13.7. The number of halogens is 1. The van der Waals surface area contributed by atoms with Crippen molar-refractivity contribution < 1.29 is 9.13 Å². The van der Waals surface area contributed by atoms with Crippen LogP contribution in [0.25, 0.3) is 0 Å². The third-order valence-corrected chi connectivity index (χ3v) is 3.84. The van der Waals surface area contributed by atoms with Gasteiger partial charge in [0.2, 0.25) is 0 Å². The summed E-state index contributed by atoms with van der Waals surface area (Å²) in [5, 5.41) is 3.06. The lowest BCUT2D eigenvalue weighted by Gasteiger charge is -2.40. The first-order chi connectivity index (χ1) is 9.06. The smallest absolute Gasteiger partial charge is 0.125 e. The van der Waals surface area contributed by atoms with Gasteiger partial charge < -0.3 is 15.0 Å². The van der Waals surface area contributed by atoms with E-state index < -0.39 is 0 Å². The molecule has 1 aliphatic heterocycles. The summed E-state index contributed by atoms with van der Waals surface area (Å²) in [4.78, 5) is 2.22. The molecule has 1 aromatic carbocycles. The zero-order valence-corrected chi connectivity index (χ0v) is 12.0. The lowest BCUT2D eigenvalue weighted by atomic mass is 9.94. The molecule has 106 valence electrons. The molecule has 0 aliphatic carbocycles. The van der Waals surface area contributed by atoms with Crippen molar-refractivity contribution in [1.29, 1.82) is 0 Å². The number of ether oxygens (including phenoxy) is 1. The Morgan fingerprint density at radius 1 is 1.42 bits per heavy atom. The van der Waals surface area contributed by atoms with E-state index in [9.17, 15) is 4.39 Å². The van der Waals surface area contributed by atoms with Crippen LogP contribution in [0.3, 0.4) is 0 Å². The molecule has 0 bridgehead atoms. The highest BCUT2D eigenvalue weighted by atomic mass is 19.1. The van der Waals surface area contributed by atoms with Gasteiger partial charge in [-0.25, -0.2) is 4.39 Å². The van der Waals surface area contributed by atoms with Gasteiger partial charge >= 0.3 is 0 Å². The fourth-order valence-electron chi connectivity index (χ4n) is 2.71. The first-order valence-electron chi connectivity index (χ1n) is 6.80. The summed E-state index contributed by atoms with van der Waals surface area (Å²) in [6, 6.07) is 5.25. The largest absolute Gasteiger partial charge is 0.377 e. The molecule has 0 spiro atoms. The van der Waals surface area contributed by atoms with Gasteiger partial charge in [-0.15, -0.1) is 0 Å². The third-order valence-electron chi connectivity index (χ3n) is 3.84. The van der Waals surface area contributed by atoms with Crippen LogP contribution in [0, 0.1) is 5.82 Å². The van der Waals surface area contributed by atoms with Crippen molar-refractivity contribution in [2.24, 2.45) is 0 Å². The van der Waals surface area contributed by atoms with Gasteiger partial charge in [-0.05, 0) is 50.6 Å². The SMILES string of the molecule is CNCc1cc(F)cc(N2CCCC(C)(OC)C2)c1. The molecule has 2 rings (SSSR count). The van der Waals surface area contributed by atoms with Crippen molar-refractivity contribution >= 4 is 5.69 Å². The number of hydrogen-bond acceptors (Lipinski definition) is 3. The normalized spacial score (nSPS) is 23.7. The highest BCUT2D eigenvalue weighted by Crippen LogP contribution is 2.29. The molecule has 3 nitrogen and oxygen atoms in total. The predicted molar refractivity (Wildman–Crippen MR) is 76.0 cm³/mol. The molecule has 1 heterocycles. The number of benzene rings is 1. The van der Waals surface area contributed by atoms with Crippen LogP contribution in [-0.2, 0) is 11.3 Å². The molecule has 1 aromatic rings. The van der Waals surface area contributed by atoms with E-state index in [-0.39, 0.29) is 11.4 Å². The van der Waals surface area contributed by atoms with Crippen LogP contribution >= 0.6 is 0 Å². The van der Waals surface area contributed by atoms with E-state index in [2.05, 4.69) is 23.2 Å². The van der Waals surface area contributed by atoms with E-state index in [4.69, 9.17) is 4.74 Å². The molecule has 0 amide bonds. The Balaban J connectivity index is 2.21. The average molecular weight is 266 g/mol. The Labute approximate surface area is 114 Å². The van der Waals surface area contributed by atoms with E-state index in [1.54, 1.807) is 19.2 Å². The summed E-state index contributed by atoms with van der Waals surface area (Å²) in [6.07, 6.45) is 2.13. The maximum atomic E-state index is 13.7. The number of nitrogens with zero attached hydrogens (tertiary/aromatic N) is 1. The number of nitrogens with one attached hydrogen (secondary N) is 1. The minimum Gasteiger partial charge on any atom is -0.377 e. The second-order valence-electron chi connectivity index (χ2n) is 5.53. The average Bonchev–Trinajstić information content (AvgIpc) is 2.38. The zero-order valence-electron chi connectivity index (χ0n) is 12.0. The van der Waals surface area contributed by atoms with Crippen LogP contribution in [0.4, 0.5) is 10.1 Å². The van der Waals surface area contributed by atoms with Crippen LogP contribution in [0.15, 0.2) is 18.2 Å². The number of hydrogen-bond donors (Lipinski definition) is 1. The molecular formula is C15H23FN2O. The van der Waals surface area contributed by atoms with E-state index in [1.165, 1.54) is 0 Å². The minimum absolute atomic E-state index is 0.131. The van der Waals surface area contributed by atoms with Gasteiger partial charge in [0.15, 0.2) is 0 Å². The van der Waals surface area contributed by atoms with Gasteiger partial charge in [-0.1, -0.05) is 0 Å². The van der Waals surface area contributed by atoms with Crippen LogP contribution in [-0.4, -0.2) is 32.8 Å². The second-order valence-corrected chi connectivity index (χ2v) is 5.53. The molecule has 0 radical (unpaired) electrons. The van der Waals surface area contributed by atoms with E-state index in [1.807, 2.05) is 7.05 Å². The van der Waals surface area contributed by atoms with E-state index in [0.29, 0.717) is 6.54 Å². The molecule has 1 N–H and O–H groups in total. The fraction of sp³-hybridized carbons (Fsp3) is 0.600. The monoisotopic (exact) mass is 266 g/mol. The van der Waals surface area contributed by atoms with Gasteiger partial charge in [0.1, 0.15) is 5.82 Å². The Hall–Kier alpha value is -1.13. The van der Waals surface area contributed by atoms with Crippen LogP contribution in [0.5, 0.6) is 0 Å². The number of anilines is 1. The summed E-state index contributed by atoms with van der Waals surface area (Å²) in [7, 11) is 3.62. The molecule has 0 saturated carbocycles. The molecule has 0 aromatic heterocycles. The zero-order chi connectivity index (χ0) is 13.9. The molecule has 1 atom stereocenters. The van der Waals surface area contributed by atoms with Crippen molar-refractivity contribution in [2.75, 3.05) is 32.1 Å². The van der Waals surface area contributed by atoms with Crippen LogP contribution < -0.4 is 10.2 Å². The fourth-order valence-corrected chi connectivity index (χ4v) is 2.71. The minimum atomic E-state index is -0.174. The Kier molecular flexibility index (Phi) is 4.42. The van der Waals surface area contributed by atoms with Crippen LogP contribution in [0.1, 0.15) is 25.3 Å². The molecule has 1 unspecified atom stereocenters. The summed E-state index contributed by atoms with van der Waals surface area (Å²) in [5.74, 6) is -0.174. The van der Waals surface area contributed by atoms with Gasteiger partial charge in [0.25, 0.3) is 0 Å². The molecule has 4 heteroatoms. The Bertz CT molecular complexity index is 438. The van der Waals surface area contributed by atoms with Crippen molar-refractivity contribution in [3.05, 3.63) is 29.6 Å². The highest BCUT2D eigenvalue weighted by molar-refractivity contribution is 5.50. The van der Waals surface area contributed by atoms with Crippen molar-refractivity contribution in [1.82, 2.24) is 5.32 Å². The molecule has 1 aliphatic rings. The standard InChI is InChI=1S/C15H23FN2O/c1-15(19-3)5-4-6-18(11-15)14-8-12(10-17-2)7-13(16)9-14/h7-9,17H,4-6,10-11H2,1-3H3. The Morgan fingerprint density at radius 2 is 2.21 bits per heavy atom. The first-order valence-corrected chi connectivity index (χ1v) is 6.80. The lowest BCUT2D eigenvalue weighted by molar-refractivity contribution is -0.00466. The quantitative estimate of drug-likeness (QED) is 0.906. The Morgan fingerprint density at radius 3 is 2.89 bits per heavy atom. The summed E-state index contributed by atoms with van der Waals surface area (Å²) in [6.45, 7) is 4.57. The third kappa shape index (κ3) is 3.45. The maximum Gasteiger partial charge on any atom is 0.125 e. The number of methoxy groups -OCH3 is 1. The van der Waals surface area contributed by atoms with Crippen molar-refractivity contribution in [3.8, 4) is 0 Å². The molecule has 19 heavy (non-hydrogen) atoms. The molecular weight excluding hydrogens is 243 g/mol. The van der Waals surface area contributed by atoms with E-state index in [0.717, 1.165) is 37.2 Å². The van der Waals surface area contributed by atoms with Crippen molar-refractivity contribution in [3.63, 3.8) is 0 Å². The molecule has 1 fully saturated rings. The van der Waals surface area contributed by atoms with Gasteiger partial charge in [0, 0.05) is 32.4 Å². The highest BCUT2D eigenvalue weighted by Gasteiger charge is 2.31. The van der Waals surface area contributed by atoms with Crippen LogP contribution in [0.2, 0.25) is 0 Å². The van der Waals surface area contributed by atoms with Gasteiger partial charge in [0.05, 0.1) is 5.60 Å². The topological polar surface area (TPSA) is 24.5 Å². The van der Waals surface area contributed by atoms with Gasteiger partial charge in [-0.2, -0.15) is 0 Å². The summed E-state index contributed by atoms with van der Waals surface area (Å²) < 4.78 is 19.3. The summed E-state index contributed by atoms with van der Waals surface area (Å²) >= 11 is 0. The summed E-state index contributed by atoms with van der Waals surface area (Å²) in [5.41, 5.74) is 1.80. The molecule has 1 saturated heterocycles. The lowest BCUT2D eigenvalue weighted by Crippen LogP contribution is -2.47. The van der Waals surface area contributed by atoms with Gasteiger partial charge in [-0.3, -0.25) is 0 Å². The second kappa shape index (κ2) is 5.88. The first kappa shape index (κ1) is 14.3. The predicted octanol–water partition coefficient (Wildman–Crippen LogP) is 2.55. The number of piperidine rings is 1. The van der Waals surface area contributed by atoms with Crippen molar-refractivity contribution in [2.45, 2.75) is 31.9 Å².